The zero-order valence-electron chi connectivity index (χ0n) is 8.91. The zero-order chi connectivity index (χ0) is 12.8. The lowest BCUT2D eigenvalue weighted by atomic mass is 10.4. The Balaban J connectivity index is 0.000000325. The van der Waals surface area contributed by atoms with Gasteiger partial charge in [-0.25, -0.2) is 26.7 Å². The van der Waals surface area contributed by atoms with Crippen LogP contribution < -0.4 is 9.86 Å². The van der Waals surface area contributed by atoms with Crippen molar-refractivity contribution < 1.29 is 16.8 Å². The lowest BCUT2D eigenvalue weighted by Gasteiger charge is -1.93. The van der Waals surface area contributed by atoms with Crippen molar-refractivity contribution in [3.63, 3.8) is 0 Å². The van der Waals surface area contributed by atoms with E-state index in [4.69, 9.17) is 5.14 Å². The minimum absolute atomic E-state index is 0.148. The first kappa shape index (κ1) is 15.0. The van der Waals surface area contributed by atoms with E-state index in [1.807, 2.05) is 0 Å². The van der Waals surface area contributed by atoms with E-state index >= 15 is 0 Å². The van der Waals surface area contributed by atoms with Crippen LogP contribution in [0.2, 0.25) is 0 Å². The standard InChI is InChI=1S/C6H7NO2S.C2H7NO2S/c7-10(8,9)6-4-2-1-3-5-6;1-3-6(2,4)5/h1-5H,(H2,7,8,9);3H,1-2H3. The molecule has 0 aromatic heterocycles. The first-order valence-electron chi connectivity index (χ1n) is 4.13. The third-order valence-electron chi connectivity index (χ3n) is 1.44. The quantitative estimate of drug-likeness (QED) is 0.752. The number of hydrogen-bond donors (Lipinski definition) is 2. The summed E-state index contributed by atoms with van der Waals surface area (Å²) in [5.41, 5.74) is 0. The molecule has 0 radical (unpaired) electrons. The van der Waals surface area contributed by atoms with Gasteiger partial charge < -0.3 is 0 Å². The van der Waals surface area contributed by atoms with E-state index in [9.17, 15) is 16.8 Å². The molecule has 0 heterocycles. The Morgan fingerprint density at radius 1 is 1.06 bits per heavy atom. The van der Waals surface area contributed by atoms with E-state index in [2.05, 4.69) is 4.72 Å². The van der Waals surface area contributed by atoms with Crippen molar-refractivity contribution in [2.24, 2.45) is 5.14 Å². The van der Waals surface area contributed by atoms with Gasteiger partial charge in [-0.05, 0) is 19.2 Å². The van der Waals surface area contributed by atoms with Crippen LogP contribution in [-0.2, 0) is 20.0 Å². The second kappa shape index (κ2) is 5.94. The van der Waals surface area contributed by atoms with Crippen LogP contribution in [0.1, 0.15) is 0 Å². The molecule has 0 atom stereocenters. The third-order valence-corrected chi connectivity index (χ3v) is 3.11. The molecule has 0 aliphatic carbocycles. The third kappa shape index (κ3) is 7.35. The van der Waals surface area contributed by atoms with Crippen LogP contribution >= 0.6 is 0 Å². The summed E-state index contributed by atoms with van der Waals surface area (Å²) in [5.74, 6) is 0. The number of benzene rings is 1. The Labute approximate surface area is 95.6 Å². The highest BCUT2D eigenvalue weighted by atomic mass is 32.2. The summed E-state index contributed by atoms with van der Waals surface area (Å²) >= 11 is 0. The van der Waals surface area contributed by atoms with E-state index in [0.29, 0.717) is 0 Å². The largest absolute Gasteiger partial charge is 0.238 e. The maximum Gasteiger partial charge on any atom is 0.238 e. The Bertz CT molecular complexity index is 508. The van der Waals surface area contributed by atoms with Gasteiger partial charge >= 0.3 is 0 Å². The number of sulfonamides is 2. The van der Waals surface area contributed by atoms with Crippen LogP contribution in [0.15, 0.2) is 35.2 Å². The van der Waals surface area contributed by atoms with E-state index < -0.39 is 20.0 Å². The lowest BCUT2D eigenvalue weighted by Crippen LogP contribution is -2.15. The molecule has 0 amide bonds. The fourth-order valence-corrected chi connectivity index (χ4v) is 1.15. The second-order valence-corrected chi connectivity index (χ2v) is 6.35. The molecule has 0 fully saturated rings. The summed E-state index contributed by atoms with van der Waals surface area (Å²) in [5, 5.41) is 4.83. The van der Waals surface area contributed by atoms with Gasteiger partial charge in [0.15, 0.2) is 0 Å². The average molecular weight is 266 g/mol. The van der Waals surface area contributed by atoms with Crippen molar-refractivity contribution in [1.82, 2.24) is 4.72 Å². The van der Waals surface area contributed by atoms with Crippen molar-refractivity contribution in [3.05, 3.63) is 30.3 Å². The number of rotatable bonds is 2. The highest BCUT2D eigenvalue weighted by Gasteiger charge is 2.03. The molecular weight excluding hydrogens is 252 g/mol. The summed E-state index contributed by atoms with van der Waals surface area (Å²) in [4.78, 5) is 0.148. The Morgan fingerprint density at radius 3 is 1.62 bits per heavy atom. The molecule has 0 aliphatic heterocycles. The van der Waals surface area contributed by atoms with Crippen molar-refractivity contribution in [2.75, 3.05) is 13.3 Å². The molecule has 0 saturated carbocycles. The number of primary sulfonamides is 1. The molecule has 0 bridgehead atoms. The van der Waals surface area contributed by atoms with Gasteiger partial charge in [-0.15, -0.1) is 0 Å². The summed E-state index contributed by atoms with van der Waals surface area (Å²) in [6.45, 7) is 0. The van der Waals surface area contributed by atoms with Crippen molar-refractivity contribution in [3.8, 4) is 0 Å². The van der Waals surface area contributed by atoms with Crippen molar-refractivity contribution in [2.45, 2.75) is 4.90 Å². The number of hydrogen-bond acceptors (Lipinski definition) is 4. The molecule has 16 heavy (non-hydrogen) atoms. The van der Waals surface area contributed by atoms with Crippen LogP contribution in [0.5, 0.6) is 0 Å². The molecule has 1 aromatic carbocycles. The van der Waals surface area contributed by atoms with Gasteiger partial charge in [-0.2, -0.15) is 0 Å². The summed E-state index contributed by atoms with van der Waals surface area (Å²) in [6.07, 6.45) is 1.10. The Hall–Kier alpha value is -0.960. The van der Waals surface area contributed by atoms with Gasteiger partial charge in [-0.1, -0.05) is 18.2 Å². The monoisotopic (exact) mass is 266 g/mol. The molecule has 92 valence electrons. The predicted molar refractivity (Wildman–Crippen MR) is 61.7 cm³/mol. The van der Waals surface area contributed by atoms with Gasteiger partial charge in [0.25, 0.3) is 0 Å². The van der Waals surface area contributed by atoms with E-state index in [-0.39, 0.29) is 4.90 Å². The van der Waals surface area contributed by atoms with Crippen molar-refractivity contribution in [1.29, 1.82) is 0 Å². The van der Waals surface area contributed by atoms with E-state index in [0.717, 1.165) is 6.26 Å². The highest BCUT2D eigenvalue weighted by molar-refractivity contribution is 7.89. The molecule has 1 rings (SSSR count). The molecular formula is C8H14N2O4S2. The van der Waals surface area contributed by atoms with E-state index in [1.54, 1.807) is 18.2 Å². The van der Waals surface area contributed by atoms with Crippen LogP contribution in [0.25, 0.3) is 0 Å². The average Bonchev–Trinajstić information content (AvgIpc) is 2.18. The summed E-state index contributed by atoms with van der Waals surface area (Å²) in [6, 6.07) is 7.89. The molecule has 8 heteroatoms. The number of nitrogens with two attached hydrogens (primary N) is 1. The molecule has 0 unspecified atom stereocenters. The Morgan fingerprint density at radius 2 is 1.44 bits per heavy atom. The number of nitrogens with one attached hydrogen (secondary N) is 1. The van der Waals surface area contributed by atoms with Crippen LogP contribution in [0, 0.1) is 0 Å². The first-order chi connectivity index (χ1) is 7.17. The maximum atomic E-state index is 10.6. The second-order valence-electron chi connectivity index (χ2n) is 2.83. The Kier molecular flexibility index (Phi) is 5.59. The predicted octanol–water partition coefficient (Wildman–Crippen LogP) is -0.501. The van der Waals surface area contributed by atoms with Gasteiger partial charge in [-0.3, -0.25) is 0 Å². The smallest absolute Gasteiger partial charge is 0.225 e. The molecule has 1 aromatic rings. The molecule has 0 aliphatic rings. The van der Waals surface area contributed by atoms with Crippen LogP contribution in [-0.4, -0.2) is 30.1 Å². The fourth-order valence-electron chi connectivity index (χ4n) is 0.610. The van der Waals surface area contributed by atoms with Crippen LogP contribution in [0.4, 0.5) is 0 Å². The van der Waals surface area contributed by atoms with Gasteiger partial charge in [0, 0.05) is 0 Å². The first-order valence-corrected chi connectivity index (χ1v) is 7.57. The SMILES string of the molecule is CNS(C)(=O)=O.NS(=O)(=O)c1ccccc1. The van der Waals surface area contributed by atoms with Crippen molar-refractivity contribution >= 4 is 20.0 Å². The summed E-state index contributed by atoms with van der Waals surface area (Å²) in [7, 11) is -5.04. The lowest BCUT2D eigenvalue weighted by molar-refractivity contribution is 0.593. The van der Waals surface area contributed by atoms with Gasteiger partial charge in [0.2, 0.25) is 20.0 Å². The normalized spacial score (nSPS) is 11.4. The minimum Gasteiger partial charge on any atom is -0.225 e. The fraction of sp³-hybridized carbons (Fsp3) is 0.250. The molecule has 0 spiro atoms. The molecule has 6 nitrogen and oxygen atoms in total. The molecule has 0 saturated heterocycles. The zero-order valence-corrected chi connectivity index (χ0v) is 10.5. The van der Waals surface area contributed by atoms with E-state index in [1.165, 1.54) is 19.2 Å². The topological polar surface area (TPSA) is 106 Å². The molecule has 3 N–H and O–H groups in total. The summed E-state index contributed by atoms with van der Waals surface area (Å²) < 4.78 is 43.1. The highest BCUT2D eigenvalue weighted by Crippen LogP contribution is 2.02. The minimum atomic E-state index is -3.50. The maximum absolute atomic E-state index is 10.6. The van der Waals surface area contributed by atoms with Crippen LogP contribution in [0.3, 0.4) is 0 Å². The van der Waals surface area contributed by atoms with Gasteiger partial charge in [0.1, 0.15) is 0 Å². The van der Waals surface area contributed by atoms with Gasteiger partial charge in [0.05, 0.1) is 11.2 Å².